The van der Waals surface area contributed by atoms with Gasteiger partial charge >= 0.3 is 0 Å². The van der Waals surface area contributed by atoms with Crippen molar-refractivity contribution in [3.8, 4) is 6.07 Å². The van der Waals surface area contributed by atoms with E-state index in [0.29, 0.717) is 27.4 Å². The summed E-state index contributed by atoms with van der Waals surface area (Å²) in [6.45, 7) is 3.86. The fraction of sp³-hybridized carbons (Fsp3) is 0.500. The summed E-state index contributed by atoms with van der Waals surface area (Å²) >= 11 is 11.8. The van der Waals surface area contributed by atoms with Crippen LogP contribution in [0.3, 0.4) is 0 Å². The molecule has 1 aliphatic heterocycles. The third-order valence-electron chi connectivity index (χ3n) is 5.00. The summed E-state index contributed by atoms with van der Waals surface area (Å²) in [5, 5.41) is 9.90. The molecule has 1 aliphatic carbocycles. The van der Waals surface area contributed by atoms with Gasteiger partial charge in [-0.1, -0.05) is 30.9 Å². The number of carbonyl (C=O) groups is 1. The van der Waals surface area contributed by atoms with Gasteiger partial charge in [0.2, 0.25) is 0 Å². The first-order valence-corrected chi connectivity index (χ1v) is 9.04. The Morgan fingerprint density at radius 2 is 1.96 bits per heavy atom. The molecular weight excluding hydrogens is 342 g/mol. The molecule has 126 valence electrons. The molecule has 0 atom stereocenters. The lowest BCUT2D eigenvalue weighted by atomic mass is 9.91. The molecule has 2 fully saturated rings. The molecule has 0 N–H and O–H groups in total. The Morgan fingerprint density at radius 1 is 1.29 bits per heavy atom. The molecule has 0 aromatic heterocycles. The van der Waals surface area contributed by atoms with Crippen molar-refractivity contribution in [3.63, 3.8) is 0 Å². The monoisotopic (exact) mass is 361 g/mol. The minimum Gasteiger partial charge on any atom is -0.331 e. The Kier molecular flexibility index (Phi) is 4.54. The minimum absolute atomic E-state index is 0.0427. The van der Waals surface area contributed by atoms with E-state index in [-0.39, 0.29) is 5.91 Å². The number of benzene rings is 1. The van der Waals surface area contributed by atoms with Gasteiger partial charge in [0.15, 0.2) is 5.11 Å². The zero-order valence-corrected chi connectivity index (χ0v) is 15.5. The number of rotatable bonds is 2. The van der Waals surface area contributed by atoms with Crippen LogP contribution in [0.4, 0.5) is 5.69 Å². The molecule has 0 spiro atoms. The van der Waals surface area contributed by atoms with Gasteiger partial charge in [-0.2, -0.15) is 5.26 Å². The van der Waals surface area contributed by atoms with Gasteiger partial charge in [0.1, 0.15) is 11.6 Å². The minimum atomic E-state index is -0.667. The predicted molar refractivity (Wildman–Crippen MR) is 99.0 cm³/mol. The summed E-state index contributed by atoms with van der Waals surface area (Å²) in [5.74, 6) is -0.0427. The van der Waals surface area contributed by atoms with Gasteiger partial charge in [-0.05, 0) is 57.1 Å². The van der Waals surface area contributed by atoms with Gasteiger partial charge in [-0.3, -0.25) is 9.69 Å². The van der Waals surface area contributed by atoms with E-state index in [9.17, 15) is 4.79 Å². The smallest absolute Gasteiger partial charge is 0.258 e. The molecule has 3 rings (SSSR count). The number of halogens is 1. The number of amides is 1. The maximum absolute atomic E-state index is 13.0. The fourth-order valence-electron chi connectivity index (χ4n) is 3.72. The van der Waals surface area contributed by atoms with E-state index < -0.39 is 5.54 Å². The van der Waals surface area contributed by atoms with E-state index in [2.05, 4.69) is 4.90 Å². The highest BCUT2D eigenvalue weighted by molar-refractivity contribution is 7.80. The Labute approximate surface area is 153 Å². The van der Waals surface area contributed by atoms with Crippen molar-refractivity contribution in [2.75, 3.05) is 4.90 Å². The van der Waals surface area contributed by atoms with Crippen molar-refractivity contribution in [2.45, 2.75) is 57.5 Å². The fourth-order valence-corrected chi connectivity index (χ4v) is 4.51. The lowest BCUT2D eigenvalue weighted by Crippen LogP contribution is -2.50. The van der Waals surface area contributed by atoms with Crippen LogP contribution in [0.25, 0.3) is 0 Å². The molecule has 0 bridgehead atoms. The van der Waals surface area contributed by atoms with Crippen LogP contribution < -0.4 is 4.90 Å². The Morgan fingerprint density at radius 3 is 2.54 bits per heavy atom. The molecule has 2 aliphatic rings. The SMILES string of the molecule is CC1(C)C(=O)N(c2ccc(C#N)c(Cl)c2)C(=S)N1C1CCCCC1. The summed E-state index contributed by atoms with van der Waals surface area (Å²) in [6.07, 6.45) is 5.74. The molecule has 1 aromatic carbocycles. The summed E-state index contributed by atoms with van der Waals surface area (Å²) < 4.78 is 0. The molecular formula is C18H20ClN3OS. The summed E-state index contributed by atoms with van der Waals surface area (Å²) in [6, 6.07) is 7.35. The molecule has 1 saturated heterocycles. The third-order valence-corrected chi connectivity index (χ3v) is 5.69. The Bertz CT molecular complexity index is 734. The molecule has 24 heavy (non-hydrogen) atoms. The van der Waals surface area contributed by atoms with E-state index in [1.807, 2.05) is 19.9 Å². The number of nitrogens with zero attached hydrogens (tertiary/aromatic N) is 3. The Balaban J connectivity index is 1.98. The van der Waals surface area contributed by atoms with Crippen molar-refractivity contribution in [3.05, 3.63) is 28.8 Å². The maximum atomic E-state index is 13.0. The normalized spacial score (nSPS) is 21.2. The van der Waals surface area contributed by atoms with Gasteiger partial charge in [0.05, 0.1) is 16.3 Å². The zero-order valence-electron chi connectivity index (χ0n) is 13.9. The number of hydrogen-bond donors (Lipinski definition) is 0. The first-order valence-electron chi connectivity index (χ1n) is 8.25. The quantitative estimate of drug-likeness (QED) is 0.738. The highest BCUT2D eigenvalue weighted by Crippen LogP contribution is 2.38. The van der Waals surface area contributed by atoms with Crippen LogP contribution in [0.1, 0.15) is 51.5 Å². The molecule has 0 radical (unpaired) electrons. The molecule has 1 saturated carbocycles. The van der Waals surface area contributed by atoms with Gasteiger partial charge < -0.3 is 4.90 Å². The predicted octanol–water partition coefficient (Wildman–Crippen LogP) is 4.26. The second kappa shape index (κ2) is 6.34. The van der Waals surface area contributed by atoms with E-state index in [0.717, 1.165) is 12.8 Å². The lowest BCUT2D eigenvalue weighted by molar-refractivity contribution is -0.124. The van der Waals surface area contributed by atoms with Crippen LogP contribution >= 0.6 is 23.8 Å². The van der Waals surface area contributed by atoms with Crippen LogP contribution in [0.5, 0.6) is 0 Å². The van der Waals surface area contributed by atoms with Crippen molar-refractivity contribution in [2.24, 2.45) is 0 Å². The second-order valence-corrected chi connectivity index (χ2v) is 7.69. The average Bonchev–Trinajstić information content (AvgIpc) is 2.73. The van der Waals surface area contributed by atoms with Crippen LogP contribution in [-0.4, -0.2) is 27.5 Å². The van der Waals surface area contributed by atoms with Crippen molar-refractivity contribution in [1.82, 2.24) is 4.90 Å². The highest BCUT2D eigenvalue weighted by atomic mass is 35.5. The number of nitriles is 1. The van der Waals surface area contributed by atoms with Gasteiger partial charge in [-0.25, -0.2) is 0 Å². The molecule has 1 amide bonds. The van der Waals surface area contributed by atoms with Crippen molar-refractivity contribution >= 4 is 40.5 Å². The molecule has 1 heterocycles. The van der Waals surface area contributed by atoms with Crippen molar-refractivity contribution in [1.29, 1.82) is 5.26 Å². The molecule has 6 heteroatoms. The van der Waals surface area contributed by atoms with Crippen LogP contribution in [-0.2, 0) is 4.79 Å². The first-order chi connectivity index (χ1) is 11.4. The molecule has 1 aromatic rings. The van der Waals surface area contributed by atoms with Crippen LogP contribution in [0.2, 0.25) is 5.02 Å². The van der Waals surface area contributed by atoms with Crippen LogP contribution in [0.15, 0.2) is 18.2 Å². The van der Waals surface area contributed by atoms with Crippen LogP contribution in [0, 0.1) is 11.3 Å². The first kappa shape index (κ1) is 17.2. The van der Waals surface area contributed by atoms with Gasteiger partial charge in [0.25, 0.3) is 5.91 Å². The van der Waals surface area contributed by atoms with Crippen molar-refractivity contribution < 1.29 is 4.79 Å². The second-order valence-electron chi connectivity index (χ2n) is 6.92. The Hall–Kier alpha value is -1.64. The molecule has 4 nitrogen and oxygen atoms in total. The molecule has 0 unspecified atom stereocenters. The topological polar surface area (TPSA) is 47.3 Å². The summed E-state index contributed by atoms with van der Waals surface area (Å²) in [5.41, 5.74) is 0.348. The number of anilines is 1. The number of thiocarbonyl (C=S) groups is 1. The van der Waals surface area contributed by atoms with E-state index in [1.54, 1.807) is 23.1 Å². The largest absolute Gasteiger partial charge is 0.331 e. The number of hydrogen-bond acceptors (Lipinski definition) is 3. The zero-order chi connectivity index (χ0) is 17.5. The third kappa shape index (κ3) is 2.68. The number of carbonyl (C=O) groups excluding carboxylic acids is 1. The maximum Gasteiger partial charge on any atom is 0.258 e. The van der Waals surface area contributed by atoms with E-state index in [4.69, 9.17) is 29.1 Å². The lowest BCUT2D eigenvalue weighted by Gasteiger charge is -2.39. The standard InChI is InChI=1S/C18H20ClN3OS/c1-18(2)16(23)21(14-9-8-12(11-20)15(19)10-14)17(24)22(18)13-6-4-3-5-7-13/h8-10,13H,3-7H2,1-2H3. The van der Waals surface area contributed by atoms with Gasteiger partial charge in [0, 0.05) is 6.04 Å². The highest BCUT2D eigenvalue weighted by Gasteiger charge is 2.51. The van der Waals surface area contributed by atoms with E-state index >= 15 is 0 Å². The van der Waals surface area contributed by atoms with Gasteiger partial charge in [-0.15, -0.1) is 0 Å². The average molecular weight is 362 g/mol. The van der Waals surface area contributed by atoms with E-state index in [1.165, 1.54) is 19.3 Å². The summed E-state index contributed by atoms with van der Waals surface area (Å²) in [7, 11) is 0. The summed E-state index contributed by atoms with van der Waals surface area (Å²) in [4.78, 5) is 16.7.